The van der Waals surface area contributed by atoms with Gasteiger partial charge in [-0.3, -0.25) is 9.69 Å². The first kappa shape index (κ1) is 15.4. The predicted molar refractivity (Wildman–Crippen MR) is 74.3 cm³/mol. The van der Waals surface area contributed by atoms with E-state index in [1.807, 2.05) is 19.9 Å². The molecule has 1 unspecified atom stereocenters. The molecule has 106 valence electrons. The molecule has 0 aliphatic rings. The Morgan fingerprint density at radius 1 is 1.37 bits per heavy atom. The Morgan fingerprint density at radius 2 is 1.95 bits per heavy atom. The lowest BCUT2D eigenvalue weighted by Gasteiger charge is -2.19. The van der Waals surface area contributed by atoms with Gasteiger partial charge in [0.05, 0.1) is 0 Å². The molecule has 6 heteroatoms. The van der Waals surface area contributed by atoms with Crippen molar-refractivity contribution in [3.63, 3.8) is 0 Å². The van der Waals surface area contributed by atoms with Crippen molar-refractivity contribution in [3.05, 3.63) is 17.5 Å². The molecule has 0 amide bonds. The van der Waals surface area contributed by atoms with Gasteiger partial charge in [-0.25, -0.2) is 9.97 Å². The van der Waals surface area contributed by atoms with Crippen LogP contribution in [-0.4, -0.2) is 52.6 Å². The number of nitrogens with zero attached hydrogens (tertiary/aromatic N) is 3. The minimum absolute atomic E-state index is 0.443. The van der Waals surface area contributed by atoms with Gasteiger partial charge < -0.3 is 10.4 Å². The van der Waals surface area contributed by atoms with Crippen LogP contribution < -0.4 is 5.32 Å². The van der Waals surface area contributed by atoms with Crippen molar-refractivity contribution in [2.75, 3.05) is 26.0 Å². The second kappa shape index (κ2) is 7.04. The molecule has 0 bridgehead atoms. The average Bonchev–Trinajstić information content (AvgIpc) is 2.26. The Kier molecular flexibility index (Phi) is 5.69. The van der Waals surface area contributed by atoms with E-state index >= 15 is 0 Å². The Balaban J connectivity index is 2.40. The highest BCUT2D eigenvalue weighted by Crippen LogP contribution is 2.06. The average molecular weight is 266 g/mol. The summed E-state index contributed by atoms with van der Waals surface area (Å²) in [5, 5.41) is 12.2. The summed E-state index contributed by atoms with van der Waals surface area (Å²) < 4.78 is 0. The molecule has 1 rings (SSSR count). The zero-order valence-electron chi connectivity index (χ0n) is 12.0. The maximum Gasteiger partial charge on any atom is 0.320 e. The number of carboxylic acids is 1. The molecule has 1 aromatic heterocycles. The van der Waals surface area contributed by atoms with Crippen molar-refractivity contribution < 1.29 is 9.90 Å². The molecule has 1 atom stereocenters. The maximum atomic E-state index is 11.0. The van der Waals surface area contributed by atoms with Gasteiger partial charge >= 0.3 is 5.97 Å². The summed E-state index contributed by atoms with van der Waals surface area (Å²) >= 11 is 0. The number of aromatic nitrogens is 2. The van der Waals surface area contributed by atoms with Crippen LogP contribution in [0.4, 0.5) is 5.95 Å². The van der Waals surface area contributed by atoms with Gasteiger partial charge in [-0.2, -0.15) is 0 Å². The molecule has 2 N–H and O–H groups in total. The van der Waals surface area contributed by atoms with Gasteiger partial charge in [0.2, 0.25) is 5.95 Å². The Hall–Kier alpha value is -1.69. The van der Waals surface area contributed by atoms with E-state index in [0.29, 0.717) is 18.9 Å². The fourth-order valence-corrected chi connectivity index (χ4v) is 1.90. The lowest BCUT2D eigenvalue weighted by molar-refractivity contribution is -0.142. The van der Waals surface area contributed by atoms with E-state index in [1.165, 1.54) is 0 Å². The Bertz CT molecular complexity index is 414. The molecule has 0 spiro atoms. The molecular weight excluding hydrogens is 244 g/mol. The van der Waals surface area contributed by atoms with Crippen LogP contribution in [-0.2, 0) is 4.79 Å². The fourth-order valence-electron chi connectivity index (χ4n) is 1.90. The molecule has 0 aromatic carbocycles. The number of carboxylic acid groups (broad SMARTS) is 1. The minimum Gasteiger partial charge on any atom is -0.480 e. The summed E-state index contributed by atoms with van der Waals surface area (Å²) in [4.78, 5) is 21.3. The smallest absolute Gasteiger partial charge is 0.320 e. The summed E-state index contributed by atoms with van der Waals surface area (Å²) in [5.74, 6) is -0.179. The summed E-state index contributed by atoms with van der Waals surface area (Å²) in [7, 11) is 3.55. The third-order valence-electron chi connectivity index (χ3n) is 2.83. The SMILES string of the molecule is Cc1cc(C)nc(NCCCC(C(=O)O)N(C)C)n1. The van der Waals surface area contributed by atoms with Crippen LogP contribution in [0.3, 0.4) is 0 Å². The standard InChI is InChI=1S/C13H22N4O2/c1-9-8-10(2)16-13(15-9)14-7-5-6-11(12(18)19)17(3)4/h8,11H,5-7H2,1-4H3,(H,18,19)(H,14,15,16). The summed E-state index contributed by atoms with van der Waals surface area (Å²) in [6, 6.07) is 1.47. The molecule has 0 radical (unpaired) electrons. The topological polar surface area (TPSA) is 78.3 Å². The minimum atomic E-state index is -0.785. The number of aryl methyl sites for hydroxylation is 2. The number of anilines is 1. The number of hydrogen-bond donors (Lipinski definition) is 2. The second-order valence-corrected chi connectivity index (χ2v) is 4.86. The van der Waals surface area contributed by atoms with E-state index in [-0.39, 0.29) is 0 Å². The van der Waals surface area contributed by atoms with Crippen LogP contribution in [0.15, 0.2) is 6.07 Å². The third-order valence-corrected chi connectivity index (χ3v) is 2.83. The number of aliphatic carboxylic acids is 1. The monoisotopic (exact) mass is 266 g/mol. The van der Waals surface area contributed by atoms with E-state index in [1.54, 1.807) is 19.0 Å². The van der Waals surface area contributed by atoms with Crippen LogP contribution in [0, 0.1) is 13.8 Å². The highest BCUT2D eigenvalue weighted by atomic mass is 16.4. The zero-order valence-corrected chi connectivity index (χ0v) is 12.0. The molecule has 1 heterocycles. The van der Waals surface area contributed by atoms with Crippen LogP contribution in [0.25, 0.3) is 0 Å². The van der Waals surface area contributed by atoms with E-state index in [2.05, 4.69) is 15.3 Å². The van der Waals surface area contributed by atoms with Gasteiger partial charge in [-0.05, 0) is 46.9 Å². The first-order valence-electron chi connectivity index (χ1n) is 6.35. The van der Waals surface area contributed by atoms with Gasteiger partial charge in [0.25, 0.3) is 0 Å². The highest BCUT2D eigenvalue weighted by molar-refractivity contribution is 5.73. The highest BCUT2D eigenvalue weighted by Gasteiger charge is 2.18. The summed E-state index contributed by atoms with van der Waals surface area (Å²) in [6.07, 6.45) is 1.35. The third kappa shape index (κ3) is 5.21. The van der Waals surface area contributed by atoms with Gasteiger partial charge in [-0.15, -0.1) is 0 Å². The quantitative estimate of drug-likeness (QED) is 0.724. The number of hydrogen-bond acceptors (Lipinski definition) is 5. The number of nitrogens with one attached hydrogen (secondary N) is 1. The summed E-state index contributed by atoms with van der Waals surface area (Å²) in [5.41, 5.74) is 1.85. The summed E-state index contributed by atoms with van der Waals surface area (Å²) in [6.45, 7) is 4.51. The van der Waals surface area contributed by atoms with Gasteiger partial charge in [-0.1, -0.05) is 0 Å². The van der Waals surface area contributed by atoms with Crippen LogP contribution in [0.2, 0.25) is 0 Å². The first-order valence-corrected chi connectivity index (χ1v) is 6.35. The number of likely N-dealkylation sites (N-methyl/N-ethyl adjacent to an activating group) is 1. The molecule has 0 fully saturated rings. The normalized spacial score (nSPS) is 12.5. The van der Waals surface area contributed by atoms with Gasteiger partial charge in [0, 0.05) is 17.9 Å². The molecule has 0 aliphatic heterocycles. The molecule has 0 saturated heterocycles. The van der Waals surface area contributed by atoms with Crippen molar-refractivity contribution in [3.8, 4) is 0 Å². The van der Waals surface area contributed by atoms with E-state index in [9.17, 15) is 4.79 Å². The molecule has 1 aromatic rings. The van der Waals surface area contributed by atoms with E-state index in [0.717, 1.165) is 17.8 Å². The van der Waals surface area contributed by atoms with Crippen molar-refractivity contribution in [1.82, 2.24) is 14.9 Å². The fraction of sp³-hybridized carbons (Fsp3) is 0.615. The zero-order chi connectivity index (χ0) is 14.4. The maximum absolute atomic E-state index is 11.0. The Labute approximate surface area is 113 Å². The van der Waals surface area contributed by atoms with Crippen LogP contribution >= 0.6 is 0 Å². The number of rotatable bonds is 7. The van der Waals surface area contributed by atoms with E-state index in [4.69, 9.17) is 5.11 Å². The van der Waals surface area contributed by atoms with Crippen LogP contribution in [0.1, 0.15) is 24.2 Å². The van der Waals surface area contributed by atoms with Gasteiger partial charge in [0.1, 0.15) is 6.04 Å². The molecule has 6 nitrogen and oxygen atoms in total. The largest absolute Gasteiger partial charge is 0.480 e. The molecule has 0 saturated carbocycles. The van der Waals surface area contributed by atoms with Crippen molar-refractivity contribution in [2.24, 2.45) is 0 Å². The van der Waals surface area contributed by atoms with Gasteiger partial charge in [0.15, 0.2) is 0 Å². The molecule has 0 aliphatic carbocycles. The van der Waals surface area contributed by atoms with E-state index < -0.39 is 12.0 Å². The molecule has 19 heavy (non-hydrogen) atoms. The number of carbonyl (C=O) groups is 1. The first-order chi connectivity index (χ1) is 8.90. The molecular formula is C13H22N4O2. The van der Waals surface area contributed by atoms with Crippen molar-refractivity contribution in [2.45, 2.75) is 32.7 Å². The van der Waals surface area contributed by atoms with Crippen molar-refractivity contribution in [1.29, 1.82) is 0 Å². The second-order valence-electron chi connectivity index (χ2n) is 4.86. The lowest BCUT2D eigenvalue weighted by atomic mass is 10.1. The Morgan fingerprint density at radius 3 is 2.42 bits per heavy atom. The van der Waals surface area contributed by atoms with Crippen molar-refractivity contribution >= 4 is 11.9 Å². The van der Waals surface area contributed by atoms with Crippen LogP contribution in [0.5, 0.6) is 0 Å². The lowest BCUT2D eigenvalue weighted by Crippen LogP contribution is -2.35. The predicted octanol–water partition coefficient (Wildman–Crippen LogP) is 1.30.